The van der Waals surface area contributed by atoms with Crippen molar-refractivity contribution < 1.29 is 4.79 Å². The molecule has 0 fully saturated rings. The molecule has 0 heterocycles. The summed E-state index contributed by atoms with van der Waals surface area (Å²) < 4.78 is 0. The molecule has 0 aliphatic carbocycles. The zero-order valence-electron chi connectivity index (χ0n) is 14.9. The van der Waals surface area contributed by atoms with Crippen LogP contribution >= 0.6 is 11.8 Å². The molecule has 1 amide bonds. The molecule has 0 spiro atoms. The molecular weight excluding hydrogens is 338 g/mol. The molecule has 3 aromatic rings. The number of hydrogen-bond donors (Lipinski definition) is 1. The van der Waals surface area contributed by atoms with Gasteiger partial charge in [0.1, 0.15) is 0 Å². The average molecular weight is 362 g/mol. The van der Waals surface area contributed by atoms with E-state index < -0.39 is 0 Å². The molecule has 0 radical (unpaired) electrons. The molecule has 0 aliphatic heterocycles. The minimum atomic E-state index is 0.0401. The topological polar surface area (TPSA) is 29.1 Å². The van der Waals surface area contributed by atoms with Gasteiger partial charge in [-0.05, 0) is 36.1 Å². The van der Waals surface area contributed by atoms with E-state index in [2.05, 4.69) is 42.6 Å². The fourth-order valence-corrected chi connectivity index (χ4v) is 3.64. The van der Waals surface area contributed by atoms with E-state index in [9.17, 15) is 4.79 Å². The zero-order chi connectivity index (χ0) is 18.2. The quantitative estimate of drug-likeness (QED) is 0.584. The van der Waals surface area contributed by atoms with Crippen LogP contribution in [-0.2, 0) is 11.2 Å². The molecule has 26 heavy (non-hydrogen) atoms. The molecule has 3 aromatic carbocycles. The van der Waals surface area contributed by atoms with Gasteiger partial charge >= 0.3 is 0 Å². The molecule has 0 saturated heterocycles. The second-order valence-electron chi connectivity index (χ2n) is 6.23. The van der Waals surface area contributed by atoms with E-state index in [1.165, 1.54) is 11.1 Å². The van der Waals surface area contributed by atoms with Crippen LogP contribution in [0.4, 0.5) is 5.69 Å². The van der Waals surface area contributed by atoms with Crippen molar-refractivity contribution in [1.82, 2.24) is 0 Å². The van der Waals surface area contributed by atoms with Gasteiger partial charge in [-0.15, -0.1) is 11.8 Å². The van der Waals surface area contributed by atoms with Crippen molar-refractivity contribution >= 4 is 23.4 Å². The Morgan fingerprint density at radius 1 is 0.885 bits per heavy atom. The van der Waals surface area contributed by atoms with E-state index >= 15 is 0 Å². The predicted octanol–water partition coefficient (Wildman–Crippen LogP) is 5.71. The summed E-state index contributed by atoms with van der Waals surface area (Å²) in [6.07, 6.45) is 0.810. The molecule has 0 aromatic heterocycles. The van der Waals surface area contributed by atoms with E-state index in [1.807, 2.05) is 54.6 Å². The van der Waals surface area contributed by atoms with Gasteiger partial charge in [-0.3, -0.25) is 4.79 Å². The Labute approximate surface area is 159 Å². The molecule has 2 nitrogen and oxygen atoms in total. The molecule has 132 valence electrons. The highest BCUT2D eigenvalue weighted by molar-refractivity contribution is 8.00. The minimum Gasteiger partial charge on any atom is -0.325 e. The van der Waals surface area contributed by atoms with Crippen LogP contribution in [0.5, 0.6) is 0 Å². The number of para-hydroxylation sites is 1. The third-order valence-corrected chi connectivity index (χ3v) is 5.46. The van der Waals surface area contributed by atoms with Gasteiger partial charge in [-0.2, -0.15) is 0 Å². The average Bonchev–Trinajstić information content (AvgIpc) is 2.69. The lowest BCUT2D eigenvalue weighted by molar-refractivity contribution is -0.113. The van der Waals surface area contributed by atoms with Crippen molar-refractivity contribution in [3.8, 4) is 0 Å². The van der Waals surface area contributed by atoms with Crippen LogP contribution in [0, 0.1) is 0 Å². The maximum absolute atomic E-state index is 12.4. The van der Waals surface area contributed by atoms with Gasteiger partial charge < -0.3 is 5.32 Å². The summed E-state index contributed by atoms with van der Waals surface area (Å²) in [4.78, 5) is 12.4. The zero-order valence-corrected chi connectivity index (χ0v) is 15.7. The minimum absolute atomic E-state index is 0.0401. The number of amides is 1. The summed E-state index contributed by atoms with van der Waals surface area (Å²) in [7, 11) is 0. The Kier molecular flexibility index (Phi) is 6.50. The number of nitrogens with one attached hydrogen (secondary N) is 1. The monoisotopic (exact) mass is 361 g/mol. The Morgan fingerprint density at radius 3 is 2.23 bits per heavy atom. The fourth-order valence-electron chi connectivity index (χ4n) is 2.82. The summed E-state index contributed by atoms with van der Waals surface area (Å²) in [5, 5.41) is 3.37. The number of hydrogen-bond acceptors (Lipinski definition) is 2. The van der Waals surface area contributed by atoms with E-state index in [1.54, 1.807) is 11.8 Å². The Bertz CT molecular complexity index is 833. The first kappa shape index (κ1) is 18.3. The third kappa shape index (κ3) is 5.24. The molecule has 0 aliphatic rings. The lowest BCUT2D eigenvalue weighted by atomic mass is 10.0. The largest absolute Gasteiger partial charge is 0.325 e. The number of carbonyl (C=O) groups is 1. The van der Waals surface area contributed by atoms with E-state index in [0.717, 1.165) is 17.7 Å². The van der Waals surface area contributed by atoms with Crippen LogP contribution in [0.15, 0.2) is 84.9 Å². The summed E-state index contributed by atoms with van der Waals surface area (Å²) >= 11 is 1.65. The summed E-state index contributed by atoms with van der Waals surface area (Å²) in [6, 6.07) is 28.6. The summed E-state index contributed by atoms with van der Waals surface area (Å²) in [5.74, 6) is 0.480. The Morgan fingerprint density at radius 2 is 1.50 bits per heavy atom. The van der Waals surface area contributed by atoms with Crippen LogP contribution in [-0.4, -0.2) is 11.7 Å². The third-order valence-electron chi connectivity index (χ3n) is 4.26. The smallest absolute Gasteiger partial charge is 0.234 e. The van der Waals surface area contributed by atoms with Gasteiger partial charge in [-0.25, -0.2) is 0 Å². The number of thioether (sulfide) groups is 1. The highest BCUT2D eigenvalue weighted by atomic mass is 32.2. The molecular formula is C23H23NOS. The molecule has 0 saturated carbocycles. The lowest BCUT2D eigenvalue weighted by Crippen LogP contribution is -2.16. The van der Waals surface area contributed by atoms with Gasteiger partial charge in [0.25, 0.3) is 0 Å². The van der Waals surface area contributed by atoms with Crippen LogP contribution in [0.25, 0.3) is 0 Å². The molecule has 0 bridgehead atoms. The highest BCUT2D eigenvalue weighted by Gasteiger charge is 2.11. The standard InChI is InChI=1S/C23H23NOS/c1-18(20-12-6-3-7-13-20)26-17-23(25)24-22-15-9-8-14-21(22)16-19-10-4-2-5-11-19/h2-15,18H,16-17H2,1H3,(H,24,25)/t18-/m1/s1. The molecule has 1 N–H and O–H groups in total. The number of benzene rings is 3. The SMILES string of the molecule is C[C@@H](SCC(=O)Nc1ccccc1Cc1ccccc1)c1ccccc1. The summed E-state index contributed by atoms with van der Waals surface area (Å²) in [6.45, 7) is 2.14. The first-order chi connectivity index (χ1) is 12.7. The maximum atomic E-state index is 12.4. The first-order valence-corrected chi connectivity index (χ1v) is 9.85. The normalized spacial score (nSPS) is 11.7. The van der Waals surface area contributed by atoms with Gasteiger partial charge in [0.05, 0.1) is 5.75 Å². The van der Waals surface area contributed by atoms with Gasteiger partial charge in [0.2, 0.25) is 5.91 Å². The van der Waals surface area contributed by atoms with Crippen molar-refractivity contribution in [1.29, 1.82) is 0 Å². The summed E-state index contributed by atoms with van der Waals surface area (Å²) in [5.41, 5.74) is 4.51. The van der Waals surface area contributed by atoms with Crippen LogP contribution in [0.2, 0.25) is 0 Å². The van der Waals surface area contributed by atoms with Crippen molar-refractivity contribution in [2.75, 3.05) is 11.1 Å². The molecule has 3 rings (SSSR count). The number of anilines is 1. The van der Waals surface area contributed by atoms with Crippen molar-refractivity contribution in [3.63, 3.8) is 0 Å². The van der Waals surface area contributed by atoms with E-state index in [4.69, 9.17) is 0 Å². The van der Waals surface area contributed by atoms with Crippen molar-refractivity contribution in [2.24, 2.45) is 0 Å². The predicted molar refractivity (Wildman–Crippen MR) is 112 cm³/mol. The van der Waals surface area contributed by atoms with Crippen molar-refractivity contribution in [2.45, 2.75) is 18.6 Å². The highest BCUT2D eigenvalue weighted by Crippen LogP contribution is 2.28. The van der Waals surface area contributed by atoms with Crippen LogP contribution in [0.1, 0.15) is 28.9 Å². The Balaban J connectivity index is 1.59. The number of carbonyl (C=O) groups excluding carboxylic acids is 1. The van der Waals surface area contributed by atoms with Gasteiger partial charge in [0, 0.05) is 10.9 Å². The second-order valence-corrected chi connectivity index (χ2v) is 7.56. The first-order valence-electron chi connectivity index (χ1n) is 8.80. The lowest BCUT2D eigenvalue weighted by Gasteiger charge is -2.13. The van der Waals surface area contributed by atoms with Gasteiger partial charge in [0.15, 0.2) is 0 Å². The fraction of sp³-hybridized carbons (Fsp3) is 0.174. The van der Waals surface area contributed by atoms with Crippen molar-refractivity contribution in [3.05, 3.63) is 102 Å². The van der Waals surface area contributed by atoms with E-state index in [0.29, 0.717) is 11.0 Å². The second kappa shape index (κ2) is 9.25. The van der Waals surface area contributed by atoms with Crippen LogP contribution in [0.3, 0.4) is 0 Å². The molecule has 3 heteroatoms. The Hall–Kier alpha value is -2.52. The number of rotatable bonds is 7. The van der Waals surface area contributed by atoms with Crippen LogP contribution < -0.4 is 5.32 Å². The van der Waals surface area contributed by atoms with Gasteiger partial charge in [-0.1, -0.05) is 78.9 Å². The maximum Gasteiger partial charge on any atom is 0.234 e. The molecule has 1 atom stereocenters. The van der Waals surface area contributed by atoms with E-state index in [-0.39, 0.29) is 5.91 Å². The molecule has 0 unspecified atom stereocenters.